The van der Waals surface area contributed by atoms with Gasteiger partial charge < -0.3 is 29.1 Å². The van der Waals surface area contributed by atoms with Gasteiger partial charge >= 0.3 is 0 Å². The number of nitrogens with zero attached hydrogens (tertiary/aromatic N) is 2. The van der Waals surface area contributed by atoms with E-state index in [0.717, 1.165) is 28.6 Å². The summed E-state index contributed by atoms with van der Waals surface area (Å²) >= 11 is 0. The highest BCUT2D eigenvalue weighted by molar-refractivity contribution is 5.76. The second-order valence-corrected chi connectivity index (χ2v) is 13.4. The molecule has 2 saturated heterocycles. The van der Waals surface area contributed by atoms with Gasteiger partial charge in [-0.25, -0.2) is 0 Å². The first kappa shape index (κ1) is 30.6. The third-order valence-electron chi connectivity index (χ3n) is 11.0. The van der Waals surface area contributed by atoms with E-state index in [-0.39, 0.29) is 18.2 Å². The van der Waals surface area contributed by atoms with Gasteiger partial charge in [-0.3, -0.25) is 4.79 Å². The molecule has 7 heteroatoms. The first-order valence-corrected chi connectivity index (χ1v) is 16.1. The summed E-state index contributed by atoms with van der Waals surface area (Å²) in [5.41, 5.74) is 0.383. The van der Waals surface area contributed by atoms with Gasteiger partial charge in [-0.05, 0) is 41.7 Å². The third kappa shape index (κ3) is 5.19. The number of hydrogen-bond donors (Lipinski definition) is 2. The number of aliphatic hydroxyl groups is 2. The van der Waals surface area contributed by atoms with E-state index in [1.807, 2.05) is 41.3 Å². The van der Waals surface area contributed by atoms with E-state index in [0.29, 0.717) is 36.6 Å². The van der Waals surface area contributed by atoms with Crippen LogP contribution in [0.25, 0.3) is 0 Å². The van der Waals surface area contributed by atoms with Crippen LogP contribution in [-0.4, -0.2) is 85.6 Å². The molecule has 7 nitrogen and oxygen atoms in total. The minimum Gasteiger partial charge on any atom is -0.497 e. The molecule has 0 bridgehead atoms. The average Bonchev–Trinajstić information content (AvgIpc) is 3.71. The van der Waals surface area contributed by atoms with Crippen LogP contribution in [0.1, 0.15) is 48.8 Å². The van der Waals surface area contributed by atoms with Crippen molar-refractivity contribution in [1.29, 1.82) is 0 Å². The van der Waals surface area contributed by atoms with Crippen LogP contribution < -0.4 is 9.47 Å². The summed E-state index contributed by atoms with van der Waals surface area (Å²) in [5.74, 6) is 0.564. The Balaban J connectivity index is 1.43. The molecule has 2 heterocycles. The largest absolute Gasteiger partial charge is 0.497 e. The Kier molecular flexibility index (Phi) is 8.48. The van der Waals surface area contributed by atoms with Crippen LogP contribution in [-0.2, 0) is 15.8 Å². The van der Waals surface area contributed by atoms with Crippen LogP contribution in [0.5, 0.6) is 11.5 Å². The lowest BCUT2D eigenvalue weighted by Crippen LogP contribution is -2.60. The quantitative estimate of drug-likeness (QED) is 0.348. The highest BCUT2D eigenvalue weighted by Gasteiger charge is 2.65. The Morgan fingerprint density at radius 1 is 0.909 bits per heavy atom. The molecule has 2 aliphatic heterocycles. The Labute approximate surface area is 261 Å². The standard InChI is InChI=1S/C37H47N2O5/c1-39(20-10-11-21-39)22-12-17-35(41)38-25-31-32(26-38)37(42,30-23-29(43-2)18-19-33(30)44-3)34(40)24-36(31,27-13-6-4-7-14-27)28-15-8-5-9-16-28/h4-9,13-16,18-19,23,31-32,34,40,42H,10-12,17,20-22,24-26H2,1-3H3/q+1/t31-,32+,34-,37+/m1/s1. The number of fused-ring (bicyclic) bond motifs is 1. The Hall–Kier alpha value is -3.39. The number of carbonyl (C=O) groups excluding carboxylic acids is 1. The molecule has 0 spiro atoms. The van der Waals surface area contributed by atoms with Crippen LogP contribution >= 0.6 is 0 Å². The van der Waals surface area contributed by atoms with E-state index in [4.69, 9.17) is 9.47 Å². The summed E-state index contributed by atoms with van der Waals surface area (Å²) in [4.78, 5) is 15.9. The maximum Gasteiger partial charge on any atom is 0.222 e. The molecule has 44 heavy (non-hydrogen) atoms. The summed E-state index contributed by atoms with van der Waals surface area (Å²) in [6.07, 6.45) is 3.00. The van der Waals surface area contributed by atoms with E-state index < -0.39 is 23.0 Å². The van der Waals surface area contributed by atoms with Gasteiger partial charge in [0.1, 0.15) is 17.1 Å². The monoisotopic (exact) mass is 599 g/mol. The SMILES string of the molecule is COc1ccc(OC)c([C@@]2(O)[C@H](O)CC(c3ccccc3)(c3ccccc3)[C@@H]3CN(C(=O)CCC[N+]4(C)CCCC4)C[C@@H]32)c1. The smallest absolute Gasteiger partial charge is 0.222 e. The van der Waals surface area contributed by atoms with Crippen molar-refractivity contribution in [1.82, 2.24) is 4.90 Å². The van der Waals surface area contributed by atoms with Crippen molar-refractivity contribution in [3.8, 4) is 11.5 Å². The number of amides is 1. The van der Waals surface area contributed by atoms with Crippen molar-refractivity contribution in [2.45, 2.75) is 49.2 Å². The molecule has 0 unspecified atom stereocenters. The van der Waals surface area contributed by atoms with Crippen LogP contribution in [0.2, 0.25) is 0 Å². The molecular weight excluding hydrogens is 552 g/mol. The van der Waals surface area contributed by atoms with Crippen molar-refractivity contribution in [2.24, 2.45) is 11.8 Å². The maximum atomic E-state index is 13.9. The topological polar surface area (TPSA) is 79.2 Å². The number of rotatable bonds is 9. The maximum absolute atomic E-state index is 13.9. The second kappa shape index (κ2) is 12.2. The second-order valence-electron chi connectivity index (χ2n) is 13.4. The fourth-order valence-corrected chi connectivity index (χ4v) is 8.71. The van der Waals surface area contributed by atoms with Gasteiger partial charge in [0.15, 0.2) is 0 Å². The van der Waals surface area contributed by atoms with Crippen molar-refractivity contribution in [2.75, 3.05) is 54.0 Å². The van der Waals surface area contributed by atoms with E-state index in [2.05, 4.69) is 31.3 Å². The van der Waals surface area contributed by atoms with Crippen molar-refractivity contribution < 1.29 is 29.0 Å². The number of likely N-dealkylation sites (tertiary alicyclic amines) is 2. The fraction of sp³-hybridized carbons (Fsp3) is 0.486. The first-order chi connectivity index (χ1) is 21.2. The number of hydrogen-bond acceptors (Lipinski definition) is 5. The predicted molar refractivity (Wildman–Crippen MR) is 171 cm³/mol. The number of methoxy groups -OCH3 is 2. The van der Waals surface area contributed by atoms with Crippen molar-refractivity contribution in [3.63, 3.8) is 0 Å². The highest BCUT2D eigenvalue weighted by Crippen LogP contribution is 2.60. The molecule has 3 aromatic carbocycles. The molecule has 1 amide bonds. The Morgan fingerprint density at radius 3 is 2.11 bits per heavy atom. The van der Waals surface area contributed by atoms with E-state index in [9.17, 15) is 15.0 Å². The van der Waals surface area contributed by atoms with Gasteiger partial charge in [0.05, 0.1) is 47.0 Å². The lowest BCUT2D eigenvalue weighted by atomic mass is 9.51. The lowest BCUT2D eigenvalue weighted by Gasteiger charge is -2.55. The Bertz CT molecular complexity index is 1400. The molecule has 2 N–H and O–H groups in total. The zero-order chi connectivity index (χ0) is 31.0. The van der Waals surface area contributed by atoms with E-state index >= 15 is 0 Å². The molecular formula is C37H47N2O5+. The van der Waals surface area contributed by atoms with Gasteiger partial charge in [0, 0.05) is 55.7 Å². The normalized spacial score (nSPS) is 27.1. The van der Waals surface area contributed by atoms with E-state index in [1.54, 1.807) is 32.4 Å². The van der Waals surface area contributed by atoms with Crippen LogP contribution in [0.4, 0.5) is 0 Å². The molecule has 4 atom stereocenters. The molecule has 3 aromatic rings. The first-order valence-electron chi connectivity index (χ1n) is 16.1. The summed E-state index contributed by atoms with van der Waals surface area (Å²) in [5, 5.41) is 25.1. The minimum absolute atomic E-state index is 0.120. The van der Waals surface area contributed by atoms with Gasteiger partial charge in [-0.1, -0.05) is 60.7 Å². The summed E-state index contributed by atoms with van der Waals surface area (Å²) in [6, 6.07) is 26.0. The van der Waals surface area contributed by atoms with Gasteiger partial charge in [-0.15, -0.1) is 0 Å². The molecule has 234 valence electrons. The van der Waals surface area contributed by atoms with Crippen molar-refractivity contribution >= 4 is 5.91 Å². The third-order valence-corrected chi connectivity index (χ3v) is 11.0. The molecule has 1 saturated carbocycles. The fourth-order valence-electron chi connectivity index (χ4n) is 8.71. The molecule has 0 aromatic heterocycles. The molecule has 3 fully saturated rings. The zero-order valence-electron chi connectivity index (χ0n) is 26.3. The van der Waals surface area contributed by atoms with E-state index in [1.165, 1.54) is 25.9 Å². The number of aliphatic hydroxyl groups excluding tert-OH is 1. The Morgan fingerprint density at radius 2 is 1.52 bits per heavy atom. The van der Waals surface area contributed by atoms with Gasteiger partial charge in [0.25, 0.3) is 0 Å². The molecule has 1 aliphatic carbocycles. The van der Waals surface area contributed by atoms with Crippen LogP contribution in [0.3, 0.4) is 0 Å². The zero-order valence-corrected chi connectivity index (χ0v) is 26.3. The molecule has 6 rings (SSSR count). The summed E-state index contributed by atoms with van der Waals surface area (Å²) in [6.45, 7) is 4.23. The number of ether oxygens (including phenoxy) is 2. The molecule has 3 aliphatic rings. The van der Waals surface area contributed by atoms with Crippen molar-refractivity contribution in [3.05, 3.63) is 95.6 Å². The predicted octanol–water partition coefficient (Wildman–Crippen LogP) is 4.74. The van der Waals surface area contributed by atoms with Gasteiger partial charge in [0.2, 0.25) is 5.91 Å². The lowest BCUT2D eigenvalue weighted by molar-refractivity contribution is -0.897. The summed E-state index contributed by atoms with van der Waals surface area (Å²) < 4.78 is 12.4. The average molecular weight is 600 g/mol. The summed E-state index contributed by atoms with van der Waals surface area (Å²) in [7, 11) is 5.47. The number of carbonyl (C=O) groups is 1. The number of benzene rings is 3. The van der Waals surface area contributed by atoms with Crippen LogP contribution in [0, 0.1) is 11.8 Å². The molecule has 0 radical (unpaired) electrons. The van der Waals surface area contributed by atoms with Gasteiger partial charge in [-0.2, -0.15) is 0 Å². The highest BCUT2D eigenvalue weighted by atomic mass is 16.5. The number of quaternary nitrogens is 1. The minimum atomic E-state index is -1.67. The van der Waals surface area contributed by atoms with Crippen LogP contribution in [0.15, 0.2) is 78.9 Å².